The molecule has 3 N–H and O–H groups in total. The van der Waals surface area contributed by atoms with E-state index in [1.165, 1.54) is 11.3 Å². The predicted molar refractivity (Wildman–Crippen MR) is 66.6 cm³/mol. The molecule has 0 saturated heterocycles. The number of fused-ring (bicyclic) bond motifs is 3. The van der Waals surface area contributed by atoms with Crippen LogP contribution in [0.1, 0.15) is 16.1 Å². The van der Waals surface area contributed by atoms with Crippen LogP contribution < -0.4 is 11.3 Å². The second kappa shape index (κ2) is 3.57. The molecule has 3 heterocycles. The lowest BCUT2D eigenvalue weighted by atomic mass is 10.1. The Morgan fingerprint density at radius 1 is 1.50 bits per heavy atom. The van der Waals surface area contributed by atoms with Crippen molar-refractivity contribution in [2.24, 2.45) is 5.73 Å². The standard InChI is InChI=1S/C10H7N5O2S/c1-3-2-4(8(11)16)5-6-7(18-10(5)12-3)9(17)14-15-13-6/h2H,1H3,(H2,11,16)(H,13,14,17). The predicted octanol–water partition coefficient (Wildman–Crippen LogP) is 0.335. The highest BCUT2D eigenvalue weighted by atomic mass is 32.1. The summed E-state index contributed by atoms with van der Waals surface area (Å²) in [4.78, 5) is 27.9. The van der Waals surface area contributed by atoms with E-state index in [4.69, 9.17) is 5.73 Å². The van der Waals surface area contributed by atoms with Crippen molar-refractivity contribution in [2.75, 3.05) is 0 Å². The number of carbonyl (C=O) groups excluding carboxylic acids is 1. The number of pyridine rings is 1. The Morgan fingerprint density at radius 2 is 2.28 bits per heavy atom. The molecule has 0 aliphatic rings. The Morgan fingerprint density at radius 3 is 3.00 bits per heavy atom. The number of nitrogens with two attached hydrogens (primary N) is 1. The van der Waals surface area contributed by atoms with Crippen molar-refractivity contribution in [3.63, 3.8) is 0 Å². The summed E-state index contributed by atoms with van der Waals surface area (Å²) in [5.74, 6) is -0.577. The van der Waals surface area contributed by atoms with Gasteiger partial charge in [-0.15, -0.1) is 16.4 Å². The molecule has 90 valence electrons. The highest BCUT2D eigenvalue weighted by Crippen LogP contribution is 2.31. The van der Waals surface area contributed by atoms with Crippen LogP contribution in [0.4, 0.5) is 0 Å². The van der Waals surface area contributed by atoms with Gasteiger partial charge in [0.05, 0.1) is 10.9 Å². The first-order valence-electron chi connectivity index (χ1n) is 5.03. The summed E-state index contributed by atoms with van der Waals surface area (Å²) in [5, 5.41) is 10.1. The Bertz CT molecular complexity index is 850. The number of aromatic amines is 1. The van der Waals surface area contributed by atoms with Gasteiger partial charge in [-0.2, -0.15) is 0 Å². The van der Waals surface area contributed by atoms with Gasteiger partial charge in [0.15, 0.2) is 0 Å². The van der Waals surface area contributed by atoms with Gasteiger partial charge in [0.2, 0.25) is 5.91 Å². The van der Waals surface area contributed by atoms with Crippen molar-refractivity contribution in [2.45, 2.75) is 6.92 Å². The molecule has 3 aromatic heterocycles. The number of nitrogens with one attached hydrogen (secondary N) is 1. The summed E-state index contributed by atoms with van der Waals surface area (Å²) < 4.78 is 0.389. The molecule has 0 bridgehead atoms. The van der Waals surface area contributed by atoms with Crippen LogP contribution in [0.2, 0.25) is 0 Å². The Kier molecular flexibility index (Phi) is 2.14. The molecule has 1 amide bonds. The van der Waals surface area contributed by atoms with E-state index in [0.717, 1.165) is 0 Å². The van der Waals surface area contributed by atoms with Gasteiger partial charge >= 0.3 is 0 Å². The summed E-state index contributed by atoms with van der Waals surface area (Å²) in [7, 11) is 0. The van der Waals surface area contributed by atoms with Crippen LogP contribution in [-0.2, 0) is 0 Å². The summed E-state index contributed by atoms with van der Waals surface area (Å²) in [6.07, 6.45) is 0. The Balaban J connectivity index is 2.63. The maximum atomic E-state index is 11.6. The zero-order valence-electron chi connectivity index (χ0n) is 9.22. The quantitative estimate of drug-likeness (QED) is 0.655. The molecular formula is C10H7N5O2S. The molecule has 0 saturated carbocycles. The molecule has 8 heteroatoms. The van der Waals surface area contributed by atoms with Crippen LogP contribution in [0.25, 0.3) is 20.4 Å². The van der Waals surface area contributed by atoms with Crippen molar-refractivity contribution >= 4 is 37.7 Å². The minimum absolute atomic E-state index is 0.309. The number of carbonyl (C=O) groups is 1. The van der Waals surface area contributed by atoms with Crippen LogP contribution in [0.3, 0.4) is 0 Å². The van der Waals surface area contributed by atoms with Gasteiger partial charge in [-0.25, -0.2) is 10.1 Å². The lowest BCUT2D eigenvalue weighted by Crippen LogP contribution is -2.12. The first-order chi connectivity index (χ1) is 8.58. The molecule has 0 aliphatic heterocycles. The van der Waals surface area contributed by atoms with E-state index >= 15 is 0 Å². The molecule has 0 aromatic carbocycles. The van der Waals surface area contributed by atoms with E-state index in [2.05, 4.69) is 20.4 Å². The number of amides is 1. The molecule has 18 heavy (non-hydrogen) atoms. The molecule has 7 nitrogen and oxygen atoms in total. The minimum Gasteiger partial charge on any atom is -0.366 e. The Hall–Kier alpha value is -2.35. The maximum absolute atomic E-state index is 11.6. The highest BCUT2D eigenvalue weighted by Gasteiger charge is 2.17. The Labute approximate surface area is 104 Å². The monoisotopic (exact) mass is 261 g/mol. The molecule has 3 aromatic rings. The largest absolute Gasteiger partial charge is 0.366 e. The van der Waals surface area contributed by atoms with Crippen molar-refractivity contribution in [3.8, 4) is 0 Å². The highest BCUT2D eigenvalue weighted by molar-refractivity contribution is 7.25. The van der Waals surface area contributed by atoms with Crippen molar-refractivity contribution in [3.05, 3.63) is 27.7 Å². The van der Waals surface area contributed by atoms with E-state index in [-0.39, 0.29) is 5.56 Å². The molecule has 0 radical (unpaired) electrons. The fraction of sp³-hybridized carbons (Fsp3) is 0.100. The van der Waals surface area contributed by atoms with E-state index in [9.17, 15) is 9.59 Å². The topological polar surface area (TPSA) is 115 Å². The van der Waals surface area contributed by atoms with E-state index in [1.807, 2.05) is 0 Å². The van der Waals surface area contributed by atoms with E-state index < -0.39 is 5.91 Å². The van der Waals surface area contributed by atoms with Gasteiger partial charge in [0, 0.05) is 5.69 Å². The van der Waals surface area contributed by atoms with Crippen molar-refractivity contribution < 1.29 is 4.79 Å². The first-order valence-corrected chi connectivity index (χ1v) is 5.84. The third-order valence-corrected chi connectivity index (χ3v) is 3.61. The average Bonchev–Trinajstić information content (AvgIpc) is 2.67. The lowest BCUT2D eigenvalue weighted by Gasteiger charge is -1.99. The zero-order chi connectivity index (χ0) is 12.9. The van der Waals surface area contributed by atoms with Crippen LogP contribution in [0, 0.1) is 6.92 Å². The first kappa shape index (κ1) is 10.8. The van der Waals surface area contributed by atoms with E-state index in [0.29, 0.717) is 31.7 Å². The summed E-state index contributed by atoms with van der Waals surface area (Å²) >= 11 is 1.17. The number of hydrogen-bond acceptors (Lipinski definition) is 6. The van der Waals surface area contributed by atoms with E-state index in [1.54, 1.807) is 13.0 Å². The molecule has 3 rings (SSSR count). The van der Waals surface area contributed by atoms with Gasteiger partial charge in [-0.05, 0) is 13.0 Å². The number of hydrogen-bond donors (Lipinski definition) is 2. The minimum atomic E-state index is -0.577. The molecule has 0 unspecified atom stereocenters. The summed E-state index contributed by atoms with van der Waals surface area (Å²) in [5.41, 5.74) is 6.32. The van der Waals surface area contributed by atoms with Crippen LogP contribution in [0.15, 0.2) is 10.9 Å². The van der Waals surface area contributed by atoms with Crippen LogP contribution in [-0.4, -0.2) is 26.3 Å². The third kappa shape index (κ3) is 1.39. The second-order valence-electron chi connectivity index (χ2n) is 3.78. The molecular weight excluding hydrogens is 254 g/mol. The number of aromatic nitrogens is 4. The molecule has 0 aliphatic carbocycles. The normalized spacial score (nSPS) is 11.2. The number of nitrogens with zero attached hydrogens (tertiary/aromatic N) is 3. The molecule has 0 atom stereocenters. The van der Waals surface area contributed by atoms with Crippen LogP contribution in [0.5, 0.6) is 0 Å². The fourth-order valence-corrected chi connectivity index (χ4v) is 2.89. The van der Waals surface area contributed by atoms with Crippen LogP contribution >= 0.6 is 11.3 Å². The molecule has 0 fully saturated rings. The summed E-state index contributed by atoms with van der Waals surface area (Å²) in [6.45, 7) is 1.76. The zero-order valence-corrected chi connectivity index (χ0v) is 10.0. The third-order valence-electron chi connectivity index (χ3n) is 2.54. The summed E-state index contributed by atoms with van der Waals surface area (Å²) in [6, 6.07) is 1.58. The number of rotatable bonds is 1. The fourth-order valence-electron chi connectivity index (χ4n) is 1.82. The average molecular weight is 261 g/mol. The lowest BCUT2D eigenvalue weighted by molar-refractivity contribution is 0.100. The van der Waals surface area contributed by atoms with Crippen molar-refractivity contribution in [1.82, 2.24) is 20.4 Å². The maximum Gasteiger partial charge on any atom is 0.285 e. The smallest absolute Gasteiger partial charge is 0.285 e. The number of thiophene rings is 1. The number of aryl methyl sites for hydroxylation is 1. The van der Waals surface area contributed by atoms with Gasteiger partial charge < -0.3 is 5.73 Å². The number of primary amides is 1. The SMILES string of the molecule is Cc1cc(C(N)=O)c2c(n1)sc1c(=O)[nH]nnc12. The van der Waals surface area contributed by atoms with Gasteiger partial charge in [0.1, 0.15) is 15.0 Å². The second-order valence-corrected chi connectivity index (χ2v) is 4.78. The van der Waals surface area contributed by atoms with Crippen molar-refractivity contribution in [1.29, 1.82) is 0 Å². The van der Waals surface area contributed by atoms with Gasteiger partial charge in [-0.3, -0.25) is 9.59 Å². The molecule has 0 spiro atoms. The van der Waals surface area contributed by atoms with Gasteiger partial charge in [-0.1, -0.05) is 5.21 Å². The van der Waals surface area contributed by atoms with Gasteiger partial charge in [0.25, 0.3) is 5.56 Å². The number of H-pyrrole nitrogens is 1.